The Kier molecular flexibility index (Phi) is 5.22. The summed E-state index contributed by atoms with van der Waals surface area (Å²) in [5.74, 6) is -2.57. The molecule has 0 spiro atoms. The molecule has 0 aliphatic rings. The summed E-state index contributed by atoms with van der Waals surface area (Å²) >= 11 is 12.2. The van der Waals surface area contributed by atoms with Crippen LogP contribution in [-0.2, 0) is 6.54 Å². The van der Waals surface area contributed by atoms with E-state index in [0.29, 0.717) is 22.0 Å². The summed E-state index contributed by atoms with van der Waals surface area (Å²) in [5.41, 5.74) is 1.81. The maximum absolute atomic E-state index is 13.4. The van der Waals surface area contributed by atoms with Crippen LogP contribution in [0.15, 0.2) is 60.7 Å². The molecule has 4 aromatic rings. The summed E-state index contributed by atoms with van der Waals surface area (Å²) in [4.78, 5) is 12.8. The van der Waals surface area contributed by atoms with Crippen LogP contribution in [0.25, 0.3) is 10.9 Å². The van der Waals surface area contributed by atoms with E-state index in [4.69, 9.17) is 23.2 Å². The van der Waals surface area contributed by atoms with Crippen molar-refractivity contribution in [3.63, 3.8) is 0 Å². The van der Waals surface area contributed by atoms with Gasteiger partial charge in [-0.15, -0.1) is 0 Å². The maximum atomic E-state index is 13.4. The normalized spacial score (nSPS) is 11.0. The summed E-state index contributed by atoms with van der Waals surface area (Å²) < 4.78 is 28.2. The molecule has 4 nitrogen and oxygen atoms in total. The number of hydrogen-bond acceptors (Lipinski definition) is 2. The Bertz CT molecular complexity index is 1240. The first-order valence-corrected chi connectivity index (χ1v) is 9.34. The number of anilines is 1. The van der Waals surface area contributed by atoms with Crippen LogP contribution in [0.3, 0.4) is 0 Å². The van der Waals surface area contributed by atoms with E-state index in [2.05, 4.69) is 10.4 Å². The van der Waals surface area contributed by atoms with Crippen LogP contribution >= 0.6 is 23.2 Å². The Morgan fingerprint density at radius 3 is 2.55 bits per heavy atom. The predicted octanol–water partition coefficient (Wildman–Crippen LogP) is 5.92. The number of fused-ring (bicyclic) bond motifs is 1. The van der Waals surface area contributed by atoms with Crippen LogP contribution in [0.2, 0.25) is 10.0 Å². The van der Waals surface area contributed by atoms with Crippen LogP contribution in [0.5, 0.6) is 0 Å². The molecular formula is C21H13Cl2F2N3O. The third kappa shape index (κ3) is 3.95. The minimum Gasteiger partial charge on any atom is -0.320 e. The van der Waals surface area contributed by atoms with Crippen molar-refractivity contribution in [3.05, 3.63) is 93.6 Å². The topological polar surface area (TPSA) is 46.9 Å². The van der Waals surface area contributed by atoms with Gasteiger partial charge in [0.25, 0.3) is 5.91 Å². The maximum Gasteiger partial charge on any atom is 0.276 e. The Hall–Kier alpha value is -2.96. The SMILES string of the molecule is O=C(Nc1ccc(F)c(F)c1)c1nn(Cc2ccc(Cl)cc2Cl)c2ccccc12. The van der Waals surface area contributed by atoms with Crippen molar-refractivity contribution in [1.29, 1.82) is 0 Å². The first-order chi connectivity index (χ1) is 13.9. The average molecular weight is 432 g/mol. The average Bonchev–Trinajstić information content (AvgIpc) is 3.06. The summed E-state index contributed by atoms with van der Waals surface area (Å²) in [6, 6.07) is 15.5. The molecule has 0 radical (unpaired) electrons. The van der Waals surface area contributed by atoms with Crippen LogP contribution in [-0.4, -0.2) is 15.7 Å². The molecule has 0 aliphatic carbocycles. The molecule has 3 aromatic carbocycles. The van der Waals surface area contributed by atoms with Crippen molar-refractivity contribution >= 4 is 45.7 Å². The van der Waals surface area contributed by atoms with Gasteiger partial charge in [0.1, 0.15) is 0 Å². The number of hydrogen-bond donors (Lipinski definition) is 1. The monoisotopic (exact) mass is 431 g/mol. The molecule has 4 rings (SSSR count). The van der Waals surface area contributed by atoms with Crippen LogP contribution in [0.1, 0.15) is 16.1 Å². The molecule has 0 fully saturated rings. The quantitative estimate of drug-likeness (QED) is 0.435. The molecule has 146 valence electrons. The highest BCUT2D eigenvalue weighted by molar-refractivity contribution is 6.35. The number of aromatic nitrogens is 2. The van der Waals surface area contributed by atoms with Crippen molar-refractivity contribution in [1.82, 2.24) is 9.78 Å². The van der Waals surface area contributed by atoms with E-state index in [0.717, 1.165) is 23.2 Å². The Balaban J connectivity index is 1.69. The first-order valence-electron chi connectivity index (χ1n) is 8.58. The highest BCUT2D eigenvalue weighted by Gasteiger charge is 2.18. The predicted molar refractivity (Wildman–Crippen MR) is 110 cm³/mol. The van der Waals surface area contributed by atoms with Crippen molar-refractivity contribution in [2.75, 3.05) is 5.32 Å². The number of nitrogens with one attached hydrogen (secondary N) is 1. The van der Waals surface area contributed by atoms with Crippen molar-refractivity contribution < 1.29 is 13.6 Å². The Labute approximate surface area is 174 Å². The van der Waals surface area contributed by atoms with Crippen molar-refractivity contribution in [2.24, 2.45) is 0 Å². The van der Waals surface area contributed by atoms with Gasteiger partial charge in [-0.3, -0.25) is 9.48 Å². The van der Waals surface area contributed by atoms with E-state index >= 15 is 0 Å². The Morgan fingerprint density at radius 2 is 1.79 bits per heavy atom. The van der Waals surface area contributed by atoms with Gasteiger partial charge in [-0.2, -0.15) is 5.10 Å². The van der Waals surface area contributed by atoms with Gasteiger partial charge >= 0.3 is 0 Å². The highest BCUT2D eigenvalue weighted by atomic mass is 35.5. The van der Waals surface area contributed by atoms with Crippen molar-refractivity contribution in [2.45, 2.75) is 6.54 Å². The molecule has 0 bridgehead atoms. The van der Waals surface area contributed by atoms with E-state index in [1.54, 1.807) is 35.0 Å². The fourth-order valence-electron chi connectivity index (χ4n) is 2.99. The first kappa shape index (κ1) is 19.4. The van der Waals surface area contributed by atoms with Crippen LogP contribution < -0.4 is 5.32 Å². The highest BCUT2D eigenvalue weighted by Crippen LogP contribution is 2.25. The lowest BCUT2D eigenvalue weighted by atomic mass is 10.2. The number of amides is 1. The molecular weight excluding hydrogens is 419 g/mol. The second kappa shape index (κ2) is 7.81. The van der Waals surface area contributed by atoms with E-state index in [9.17, 15) is 13.6 Å². The summed E-state index contributed by atoms with van der Waals surface area (Å²) in [6.07, 6.45) is 0. The second-order valence-electron chi connectivity index (χ2n) is 6.34. The lowest BCUT2D eigenvalue weighted by Gasteiger charge is -2.06. The zero-order chi connectivity index (χ0) is 20.5. The third-order valence-electron chi connectivity index (χ3n) is 4.39. The molecule has 1 aromatic heterocycles. The third-order valence-corrected chi connectivity index (χ3v) is 4.97. The number of benzene rings is 3. The molecule has 29 heavy (non-hydrogen) atoms. The number of carbonyl (C=O) groups excluding carboxylic acids is 1. The number of rotatable bonds is 4. The molecule has 0 saturated heterocycles. The number of halogens is 4. The lowest BCUT2D eigenvalue weighted by molar-refractivity contribution is 0.102. The van der Waals surface area contributed by atoms with Crippen molar-refractivity contribution in [3.8, 4) is 0 Å². The zero-order valence-electron chi connectivity index (χ0n) is 14.8. The summed E-state index contributed by atoms with van der Waals surface area (Å²) in [7, 11) is 0. The second-order valence-corrected chi connectivity index (χ2v) is 7.19. The van der Waals surface area contributed by atoms with Crippen LogP contribution in [0.4, 0.5) is 14.5 Å². The van der Waals surface area contributed by atoms with Gasteiger partial charge in [-0.1, -0.05) is 47.5 Å². The molecule has 1 N–H and O–H groups in total. The molecule has 8 heteroatoms. The summed E-state index contributed by atoms with van der Waals surface area (Å²) in [6.45, 7) is 0.328. The van der Waals surface area contributed by atoms with Gasteiger partial charge in [0.05, 0.1) is 12.1 Å². The largest absolute Gasteiger partial charge is 0.320 e. The standard InChI is InChI=1S/C21H13Cl2F2N3O/c22-13-6-5-12(16(23)9-13)11-28-19-4-2-1-3-15(19)20(27-28)21(29)26-14-7-8-17(24)18(25)10-14/h1-10H,11H2,(H,26,29). The number of nitrogens with zero attached hydrogens (tertiary/aromatic N) is 2. The lowest BCUT2D eigenvalue weighted by Crippen LogP contribution is -2.14. The van der Waals surface area contributed by atoms with Gasteiger partial charge in [-0.05, 0) is 35.9 Å². The van der Waals surface area contributed by atoms with Crippen LogP contribution in [0, 0.1) is 11.6 Å². The van der Waals surface area contributed by atoms with Gasteiger partial charge < -0.3 is 5.32 Å². The summed E-state index contributed by atoms with van der Waals surface area (Å²) in [5, 5.41) is 8.62. The minimum atomic E-state index is -1.05. The van der Waals surface area contributed by atoms with E-state index < -0.39 is 17.5 Å². The molecule has 1 heterocycles. The van der Waals surface area contributed by atoms with Gasteiger partial charge in [0.2, 0.25) is 0 Å². The fourth-order valence-corrected chi connectivity index (χ4v) is 3.46. The molecule has 0 aliphatic heterocycles. The zero-order valence-corrected chi connectivity index (χ0v) is 16.3. The molecule has 0 saturated carbocycles. The van der Waals surface area contributed by atoms with Gasteiger partial charge in [0.15, 0.2) is 17.3 Å². The fraction of sp³-hybridized carbons (Fsp3) is 0.0476. The smallest absolute Gasteiger partial charge is 0.276 e. The van der Waals surface area contributed by atoms with Gasteiger partial charge in [-0.25, -0.2) is 8.78 Å². The molecule has 1 amide bonds. The van der Waals surface area contributed by atoms with E-state index in [-0.39, 0.29) is 11.4 Å². The number of para-hydroxylation sites is 1. The molecule has 0 unspecified atom stereocenters. The van der Waals surface area contributed by atoms with E-state index in [1.165, 1.54) is 6.07 Å². The minimum absolute atomic E-state index is 0.133. The molecule has 0 atom stereocenters. The number of carbonyl (C=O) groups is 1. The van der Waals surface area contributed by atoms with E-state index in [1.807, 2.05) is 12.1 Å². The van der Waals surface area contributed by atoms with Gasteiger partial charge in [0, 0.05) is 27.2 Å². The Morgan fingerprint density at radius 1 is 1.00 bits per heavy atom.